The predicted molar refractivity (Wildman–Crippen MR) is 165 cm³/mol. The van der Waals surface area contributed by atoms with Crippen LogP contribution >= 0.6 is 0 Å². The summed E-state index contributed by atoms with van der Waals surface area (Å²) in [5.74, 6) is -0.306. The number of halogens is 1. The average molecular weight is 602 g/mol. The van der Waals surface area contributed by atoms with Crippen LogP contribution in [0.25, 0.3) is 0 Å². The summed E-state index contributed by atoms with van der Waals surface area (Å²) in [6.45, 7) is 3.95. The fourth-order valence-electron chi connectivity index (χ4n) is 6.52. The van der Waals surface area contributed by atoms with Gasteiger partial charge in [0.25, 0.3) is 5.91 Å². The van der Waals surface area contributed by atoms with E-state index in [1.165, 1.54) is 28.7 Å². The van der Waals surface area contributed by atoms with Gasteiger partial charge in [-0.05, 0) is 54.7 Å². The van der Waals surface area contributed by atoms with Gasteiger partial charge in [-0.2, -0.15) is 0 Å². The Kier molecular flexibility index (Phi) is 8.98. The second kappa shape index (κ2) is 13.1. The lowest BCUT2D eigenvalue weighted by Crippen LogP contribution is -2.51. The summed E-state index contributed by atoms with van der Waals surface area (Å²) in [7, 11) is 0. The second-order valence-corrected chi connectivity index (χ2v) is 12.1. The van der Waals surface area contributed by atoms with Gasteiger partial charge in [0.05, 0.1) is 31.0 Å². The number of fused-ring (bicyclic) bond motifs is 1. The van der Waals surface area contributed by atoms with Crippen molar-refractivity contribution in [3.05, 3.63) is 94.8 Å². The van der Waals surface area contributed by atoms with Crippen LogP contribution in [0.1, 0.15) is 65.7 Å². The number of nitrogens with zero attached hydrogens (tertiary/aromatic N) is 1. The molecule has 0 aromatic heterocycles. The van der Waals surface area contributed by atoms with E-state index in [4.69, 9.17) is 9.47 Å². The van der Waals surface area contributed by atoms with Crippen LogP contribution in [0.15, 0.2) is 66.7 Å². The van der Waals surface area contributed by atoms with Gasteiger partial charge in [0.2, 0.25) is 5.91 Å². The number of anilines is 1. The van der Waals surface area contributed by atoms with E-state index in [1.807, 2.05) is 36.4 Å². The molecule has 1 unspecified atom stereocenters. The van der Waals surface area contributed by atoms with E-state index in [-0.39, 0.29) is 29.7 Å². The number of aliphatic hydroxyl groups excluding tert-OH is 1. The molecule has 4 atom stereocenters. The van der Waals surface area contributed by atoms with E-state index in [9.17, 15) is 19.1 Å². The Hall–Kier alpha value is -3.79. The molecule has 3 aliphatic rings. The van der Waals surface area contributed by atoms with Gasteiger partial charge in [0.15, 0.2) is 0 Å². The lowest BCUT2D eigenvalue weighted by Gasteiger charge is -2.40. The Morgan fingerprint density at radius 2 is 1.98 bits per heavy atom. The van der Waals surface area contributed by atoms with E-state index in [2.05, 4.69) is 29.7 Å². The van der Waals surface area contributed by atoms with Crippen LogP contribution in [0.3, 0.4) is 0 Å². The van der Waals surface area contributed by atoms with Gasteiger partial charge in [0.1, 0.15) is 17.2 Å². The quantitative estimate of drug-likeness (QED) is 0.317. The summed E-state index contributed by atoms with van der Waals surface area (Å²) in [6, 6.07) is 19.3. The molecular weight excluding hydrogens is 561 g/mol. The first-order chi connectivity index (χ1) is 21.3. The largest absolute Gasteiger partial charge is 0.484 e. The third-order valence-corrected chi connectivity index (χ3v) is 9.05. The molecule has 2 fully saturated rings. The van der Waals surface area contributed by atoms with Gasteiger partial charge in [-0.15, -0.1) is 0 Å². The number of aliphatic hydroxyl groups is 1. The van der Waals surface area contributed by atoms with Gasteiger partial charge in [-0.25, -0.2) is 4.39 Å². The van der Waals surface area contributed by atoms with Crippen molar-refractivity contribution in [2.24, 2.45) is 0 Å². The van der Waals surface area contributed by atoms with Crippen molar-refractivity contribution >= 4 is 17.5 Å². The van der Waals surface area contributed by atoms with E-state index in [0.29, 0.717) is 45.4 Å². The van der Waals surface area contributed by atoms with Gasteiger partial charge in [-0.1, -0.05) is 49.4 Å². The average Bonchev–Trinajstić information content (AvgIpc) is 3.68. The first kappa shape index (κ1) is 30.2. The molecule has 232 valence electrons. The molecule has 3 N–H and O–H groups in total. The summed E-state index contributed by atoms with van der Waals surface area (Å²) < 4.78 is 26.9. The van der Waals surface area contributed by atoms with Crippen LogP contribution in [-0.4, -0.2) is 61.0 Å². The molecule has 0 bridgehead atoms. The Morgan fingerprint density at radius 1 is 1.14 bits per heavy atom. The van der Waals surface area contributed by atoms with Crippen molar-refractivity contribution in [2.45, 2.75) is 69.2 Å². The lowest BCUT2D eigenvalue weighted by molar-refractivity contribution is -0.117. The maximum Gasteiger partial charge on any atom is 0.251 e. The number of benzene rings is 3. The number of carbonyl (C=O) groups excluding carboxylic acids is 2. The minimum absolute atomic E-state index is 0.0627. The smallest absolute Gasteiger partial charge is 0.251 e. The molecule has 3 aromatic carbocycles. The molecule has 6 rings (SSSR count). The third kappa shape index (κ3) is 6.50. The van der Waals surface area contributed by atoms with Gasteiger partial charge < -0.3 is 30.1 Å². The van der Waals surface area contributed by atoms with Crippen LogP contribution < -0.4 is 20.3 Å². The zero-order valence-corrected chi connectivity index (χ0v) is 25.1. The maximum absolute atomic E-state index is 14.7. The molecule has 3 aliphatic heterocycles. The summed E-state index contributed by atoms with van der Waals surface area (Å²) in [4.78, 5) is 27.2. The van der Waals surface area contributed by atoms with E-state index >= 15 is 0 Å². The van der Waals surface area contributed by atoms with Crippen molar-refractivity contribution in [3.63, 3.8) is 0 Å². The molecule has 3 heterocycles. The van der Waals surface area contributed by atoms with Crippen LogP contribution in [0, 0.1) is 5.82 Å². The summed E-state index contributed by atoms with van der Waals surface area (Å²) in [6.07, 6.45) is 2.89. The van der Waals surface area contributed by atoms with Crippen molar-refractivity contribution in [1.82, 2.24) is 10.6 Å². The fourth-order valence-corrected chi connectivity index (χ4v) is 6.52. The van der Waals surface area contributed by atoms with Crippen molar-refractivity contribution in [1.29, 1.82) is 0 Å². The first-order valence-corrected chi connectivity index (χ1v) is 15.6. The zero-order valence-electron chi connectivity index (χ0n) is 25.1. The van der Waals surface area contributed by atoms with E-state index in [1.54, 1.807) is 0 Å². The SMILES string of the molecule is CCc1ccc2c(c1)[C@@H](NC[C@@H](O)[C@H](Cc1ccccc1)NC(=O)c1ccc(F)c(N3CCCC3=O)c1)CC1(CCOC1)O2. The molecule has 2 saturated heterocycles. The number of ether oxygens (including phenoxy) is 2. The molecule has 2 amide bonds. The molecule has 0 radical (unpaired) electrons. The number of rotatable bonds is 10. The zero-order chi connectivity index (χ0) is 30.7. The minimum atomic E-state index is -0.935. The number of nitrogens with one attached hydrogen (secondary N) is 2. The minimum Gasteiger partial charge on any atom is -0.484 e. The van der Waals surface area contributed by atoms with Crippen LogP contribution in [0.4, 0.5) is 10.1 Å². The Morgan fingerprint density at radius 3 is 2.70 bits per heavy atom. The van der Waals surface area contributed by atoms with Crippen LogP contribution in [0.2, 0.25) is 0 Å². The molecular formula is C35H40FN3O5. The number of aryl methyl sites for hydroxylation is 1. The summed E-state index contributed by atoms with van der Waals surface area (Å²) in [5, 5.41) is 18.2. The highest BCUT2D eigenvalue weighted by Crippen LogP contribution is 2.43. The molecule has 0 aliphatic carbocycles. The van der Waals surface area contributed by atoms with Crippen molar-refractivity contribution in [3.8, 4) is 5.75 Å². The number of amides is 2. The number of carbonyl (C=O) groups is 2. The predicted octanol–water partition coefficient (Wildman–Crippen LogP) is 4.49. The van der Waals surface area contributed by atoms with Crippen LogP contribution in [0.5, 0.6) is 5.75 Å². The highest BCUT2D eigenvalue weighted by atomic mass is 19.1. The maximum atomic E-state index is 14.7. The van der Waals surface area contributed by atoms with Gasteiger partial charge >= 0.3 is 0 Å². The summed E-state index contributed by atoms with van der Waals surface area (Å²) >= 11 is 0. The van der Waals surface area contributed by atoms with Crippen molar-refractivity contribution in [2.75, 3.05) is 31.2 Å². The van der Waals surface area contributed by atoms with E-state index in [0.717, 1.165) is 29.7 Å². The summed E-state index contributed by atoms with van der Waals surface area (Å²) in [5.41, 5.74) is 3.17. The normalized spacial score (nSPS) is 22.5. The van der Waals surface area contributed by atoms with E-state index < -0.39 is 29.5 Å². The monoisotopic (exact) mass is 601 g/mol. The number of hydrogen-bond donors (Lipinski definition) is 3. The number of hydrogen-bond acceptors (Lipinski definition) is 6. The lowest BCUT2D eigenvalue weighted by atomic mass is 9.85. The standard InChI is InChI=1S/C35H40FN3O5/c1-2-23-10-13-32-26(17-23)29(20-35(44-32)14-16-43-22-35)37-21-31(40)28(18-24-7-4-3-5-8-24)38-34(42)25-11-12-27(36)30(19-25)39-15-6-9-33(39)41/h3-5,7-8,10-13,17,19,28-29,31,37,40H,2,6,9,14-16,18,20-22H2,1H3,(H,38,42)/t28-,29-,31+,35?/m0/s1. The van der Waals surface area contributed by atoms with Gasteiger partial charge in [0, 0.05) is 49.5 Å². The Balaban J connectivity index is 1.21. The van der Waals surface area contributed by atoms with Crippen molar-refractivity contribution < 1.29 is 28.6 Å². The third-order valence-electron chi connectivity index (χ3n) is 9.05. The Labute approximate surface area is 257 Å². The second-order valence-electron chi connectivity index (χ2n) is 12.1. The molecule has 0 saturated carbocycles. The Bertz CT molecular complexity index is 1490. The first-order valence-electron chi connectivity index (χ1n) is 15.6. The highest BCUT2D eigenvalue weighted by molar-refractivity contribution is 5.99. The van der Waals surface area contributed by atoms with Gasteiger partial charge in [-0.3, -0.25) is 9.59 Å². The molecule has 9 heteroatoms. The fraction of sp³-hybridized carbons (Fsp3) is 0.429. The molecule has 3 aromatic rings. The molecule has 8 nitrogen and oxygen atoms in total. The molecule has 1 spiro atoms. The highest BCUT2D eigenvalue weighted by Gasteiger charge is 2.44. The van der Waals surface area contributed by atoms with Crippen LogP contribution in [-0.2, 0) is 22.4 Å². The molecule has 44 heavy (non-hydrogen) atoms. The topological polar surface area (TPSA) is 100 Å².